The number of rotatable bonds is 0. The molecule has 3 heteroatoms. The lowest BCUT2D eigenvalue weighted by molar-refractivity contribution is -0.114. The van der Waals surface area contributed by atoms with Gasteiger partial charge in [0, 0.05) is 5.41 Å². The monoisotopic (exact) mass is 208 g/mol. The molecule has 82 valence electrons. The first kappa shape index (κ1) is 10.4. The third kappa shape index (κ3) is 1.42. The second-order valence-electron chi connectivity index (χ2n) is 4.77. The standard InChI is InChI=1S/C12H16O3/c1-7-3-4-9(13)8-5-10(14)11(15)6-12(7,8)2/h5-7,9,13,15H,3-4H2,1-2H3. The van der Waals surface area contributed by atoms with Crippen molar-refractivity contribution in [2.24, 2.45) is 11.3 Å². The highest BCUT2D eigenvalue weighted by molar-refractivity contribution is 6.04. The molecule has 3 unspecified atom stereocenters. The molecule has 0 spiro atoms. The van der Waals surface area contributed by atoms with E-state index in [-0.39, 0.29) is 11.2 Å². The highest BCUT2D eigenvalue weighted by Crippen LogP contribution is 2.48. The first-order chi connectivity index (χ1) is 6.95. The number of aliphatic hydroxyl groups is 2. The number of carbonyl (C=O) groups excluding carboxylic acids is 1. The number of aliphatic hydroxyl groups excluding tert-OH is 2. The van der Waals surface area contributed by atoms with Crippen LogP contribution in [0, 0.1) is 11.3 Å². The second kappa shape index (κ2) is 3.20. The minimum absolute atomic E-state index is 0.192. The Balaban J connectivity index is 2.49. The van der Waals surface area contributed by atoms with Crippen molar-refractivity contribution in [2.45, 2.75) is 32.8 Å². The lowest BCUT2D eigenvalue weighted by Gasteiger charge is -2.43. The number of hydrogen-bond donors (Lipinski definition) is 2. The van der Waals surface area contributed by atoms with Gasteiger partial charge in [-0.05, 0) is 36.5 Å². The fraction of sp³-hybridized carbons (Fsp3) is 0.583. The zero-order valence-electron chi connectivity index (χ0n) is 9.03. The van der Waals surface area contributed by atoms with E-state index in [2.05, 4.69) is 6.92 Å². The van der Waals surface area contributed by atoms with Crippen molar-refractivity contribution in [3.8, 4) is 0 Å². The van der Waals surface area contributed by atoms with Gasteiger partial charge in [-0.25, -0.2) is 0 Å². The topological polar surface area (TPSA) is 57.5 Å². The summed E-state index contributed by atoms with van der Waals surface area (Å²) in [5, 5.41) is 19.3. The SMILES string of the molecule is CC1CCC(O)C2=CC(=O)C(O)=CC21C. The molecule has 3 nitrogen and oxygen atoms in total. The highest BCUT2D eigenvalue weighted by Gasteiger charge is 2.43. The van der Waals surface area contributed by atoms with E-state index < -0.39 is 11.9 Å². The average molecular weight is 208 g/mol. The van der Waals surface area contributed by atoms with Gasteiger partial charge in [0.25, 0.3) is 0 Å². The largest absolute Gasteiger partial charge is 0.504 e. The molecule has 0 aromatic rings. The van der Waals surface area contributed by atoms with Gasteiger partial charge in [-0.1, -0.05) is 13.8 Å². The van der Waals surface area contributed by atoms with Crippen LogP contribution in [-0.4, -0.2) is 22.1 Å². The maximum atomic E-state index is 11.3. The summed E-state index contributed by atoms with van der Waals surface area (Å²) in [6.45, 7) is 4.05. The van der Waals surface area contributed by atoms with Crippen molar-refractivity contribution in [1.29, 1.82) is 0 Å². The van der Waals surface area contributed by atoms with Crippen molar-refractivity contribution in [2.75, 3.05) is 0 Å². The van der Waals surface area contributed by atoms with E-state index in [1.807, 2.05) is 6.92 Å². The van der Waals surface area contributed by atoms with Gasteiger partial charge in [0.1, 0.15) is 0 Å². The van der Waals surface area contributed by atoms with Crippen molar-refractivity contribution in [1.82, 2.24) is 0 Å². The van der Waals surface area contributed by atoms with Crippen LogP contribution in [0.5, 0.6) is 0 Å². The fourth-order valence-corrected chi connectivity index (χ4v) is 2.55. The van der Waals surface area contributed by atoms with E-state index >= 15 is 0 Å². The molecule has 2 aliphatic carbocycles. The fourth-order valence-electron chi connectivity index (χ4n) is 2.55. The maximum absolute atomic E-state index is 11.3. The summed E-state index contributed by atoms with van der Waals surface area (Å²) in [6, 6.07) is 0. The van der Waals surface area contributed by atoms with Crippen LogP contribution in [0.2, 0.25) is 0 Å². The summed E-state index contributed by atoms with van der Waals surface area (Å²) in [5.41, 5.74) is 0.388. The van der Waals surface area contributed by atoms with Crippen LogP contribution in [0.4, 0.5) is 0 Å². The zero-order valence-corrected chi connectivity index (χ0v) is 9.03. The van der Waals surface area contributed by atoms with E-state index in [1.54, 1.807) is 6.08 Å². The van der Waals surface area contributed by atoms with E-state index in [4.69, 9.17) is 0 Å². The van der Waals surface area contributed by atoms with Gasteiger partial charge in [0.15, 0.2) is 5.76 Å². The van der Waals surface area contributed by atoms with Crippen molar-refractivity contribution in [3.63, 3.8) is 0 Å². The lowest BCUT2D eigenvalue weighted by Crippen LogP contribution is -2.40. The third-order valence-electron chi connectivity index (χ3n) is 3.85. The molecule has 3 atom stereocenters. The molecule has 1 fully saturated rings. The number of fused-ring (bicyclic) bond motifs is 1. The molecule has 0 radical (unpaired) electrons. The van der Waals surface area contributed by atoms with Crippen LogP contribution in [0.1, 0.15) is 26.7 Å². The molecule has 0 heterocycles. The summed E-state index contributed by atoms with van der Waals surface area (Å²) in [6.07, 6.45) is 4.06. The second-order valence-corrected chi connectivity index (χ2v) is 4.77. The van der Waals surface area contributed by atoms with E-state index in [0.29, 0.717) is 12.3 Å². The predicted octanol–water partition coefficient (Wildman–Crippen LogP) is 1.73. The van der Waals surface area contributed by atoms with Crippen molar-refractivity contribution < 1.29 is 15.0 Å². The number of hydrogen-bond acceptors (Lipinski definition) is 3. The van der Waals surface area contributed by atoms with Crippen LogP contribution in [0.15, 0.2) is 23.5 Å². The third-order valence-corrected chi connectivity index (χ3v) is 3.85. The van der Waals surface area contributed by atoms with Gasteiger partial charge in [0.05, 0.1) is 6.10 Å². The summed E-state index contributed by atoms with van der Waals surface area (Å²) in [7, 11) is 0. The summed E-state index contributed by atoms with van der Waals surface area (Å²) in [5.74, 6) is -0.250. The van der Waals surface area contributed by atoms with E-state index in [1.165, 1.54) is 6.08 Å². The van der Waals surface area contributed by atoms with Crippen LogP contribution in [0.25, 0.3) is 0 Å². The number of allylic oxidation sites excluding steroid dienone is 2. The minimum atomic E-state index is -0.542. The first-order valence-electron chi connectivity index (χ1n) is 5.31. The molecule has 0 saturated heterocycles. The van der Waals surface area contributed by atoms with E-state index in [9.17, 15) is 15.0 Å². The molecule has 0 amide bonds. The average Bonchev–Trinajstić information content (AvgIpc) is 2.17. The van der Waals surface area contributed by atoms with Gasteiger partial charge >= 0.3 is 0 Å². The summed E-state index contributed by atoms with van der Waals surface area (Å²) >= 11 is 0. The van der Waals surface area contributed by atoms with E-state index in [0.717, 1.165) is 12.0 Å². The first-order valence-corrected chi connectivity index (χ1v) is 5.31. The summed E-state index contributed by atoms with van der Waals surface area (Å²) < 4.78 is 0. The Labute approximate surface area is 89.1 Å². The Kier molecular flexibility index (Phi) is 2.23. The molecule has 1 saturated carbocycles. The smallest absolute Gasteiger partial charge is 0.219 e. The molecule has 0 aromatic carbocycles. The van der Waals surface area contributed by atoms with Gasteiger partial charge in [-0.3, -0.25) is 4.79 Å². The molecule has 0 bridgehead atoms. The molecule has 0 aromatic heterocycles. The molecule has 0 aliphatic heterocycles. The molecular weight excluding hydrogens is 192 g/mol. The number of ketones is 1. The van der Waals surface area contributed by atoms with Gasteiger partial charge < -0.3 is 10.2 Å². The van der Waals surface area contributed by atoms with Gasteiger partial charge in [-0.2, -0.15) is 0 Å². The molecule has 2 aliphatic rings. The van der Waals surface area contributed by atoms with Gasteiger partial charge in [0.2, 0.25) is 5.78 Å². The normalized spacial score (nSPS) is 40.6. The Bertz CT molecular complexity index is 367. The Morgan fingerprint density at radius 3 is 2.80 bits per heavy atom. The summed E-state index contributed by atoms with van der Waals surface area (Å²) in [4.78, 5) is 11.3. The van der Waals surface area contributed by atoms with Crippen molar-refractivity contribution in [3.05, 3.63) is 23.5 Å². The lowest BCUT2D eigenvalue weighted by atomic mass is 9.62. The van der Waals surface area contributed by atoms with Gasteiger partial charge in [-0.15, -0.1) is 0 Å². The van der Waals surface area contributed by atoms with Crippen LogP contribution >= 0.6 is 0 Å². The zero-order chi connectivity index (χ0) is 11.2. The van der Waals surface area contributed by atoms with Crippen LogP contribution < -0.4 is 0 Å². The molecule has 15 heavy (non-hydrogen) atoms. The predicted molar refractivity (Wildman–Crippen MR) is 56.3 cm³/mol. The quantitative estimate of drug-likeness (QED) is 0.637. The Morgan fingerprint density at radius 1 is 1.47 bits per heavy atom. The molecule has 2 N–H and O–H groups in total. The molecular formula is C12H16O3. The minimum Gasteiger partial charge on any atom is -0.504 e. The maximum Gasteiger partial charge on any atom is 0.219 e. The Morgan fingerprint density at radius 2 is 2.13 bits per heavy atom. The van der Waals surface area contributed by atoms with Crippen LogP contribution in [0.3, 0.4) is 0 Å². The number of carbonyl (C=O) groups is 1. The Hall–Kier alpha value is -1.09. The van der Waals surface area contributed by atoms with Crippen LogP contribution in [-0.2, 0) is 4.79 Å². The highest BCUT2D eigenvalue weighted by atomic mass is 16.3. The van der Waals surface area contributed by atoms with Crippen molar-refractivity contribution >= 4 is 5.78 Å². The molecule has 2 rings (SSSR count).